The number of rotatable bonds is 3. The van der Waals surface area contributed by atoms with Gasteiger partial charge in [0.25, 0.3) is 0 Å². The zero-order valence-electron chi connectivity index (χ0n) is 11.9. The number of hydrogen-bond acceptors (Lipinski definition) is 4. The van der Waals surface area contributed by atoms with Gasteiger partial charge < -0.3 is 10.0 Å². The number of β-amino-alcohol motifs (C(OH)–C–C–N with tert-alkyl or cyclic N) is 1. The first-order chi connectivity index (χ1) is 9.51. The number of piperazine rings is 1. The number of aliphatic hydroxyl groups excluding tert-OH is 1. The summed E-state index contributed by atoms with van der Waals surface area (Å²) >= 11 is 0. The van der Waals surface area contributed by atoms with Crippen molar-refractivity contribution in [3.05, 3.63) is 29.6 Å². The van der Waals surface area contributed by atoms with Crippen LogP contribution >= 0.6 is 0 Å². The monoisotopic (exact) mass is 277 g/mol. The molecule has 108 valence electrons. The van der Waals surface area contributed by atoms with E-state index < -0.39 is 0 Å². The van der Waals surface area contributed by atoms with Crippen molar-refractivity contribution in [2.45, 2.75) is 26.0 Å². The Kier molecular flexibility index (Phi) is 4.58. The van der Waals surface area contributed by atoms with Gasteiger partial charge in [0.15, 0.2) is 0 Å². The fourth-order valence-electron chi connectivity index (χ4n) is 2.78. The van der Waals surface area contributed by atoms with Crippen LogP contribution < -0.4 is 4.90 Å². The summed E-state index contributed by atoms with van der Waals surface area (Å²) in [4.78, 5) is 4.35. The lowest BCUT2D eigenvalue weighted by molar-refractivity contribution is 0.115. The SMILES string of the molecule is CC(O)CN1CCN(c2ccc(F)cc2C#N)C(C)C1. The zero-order valence-corrected chi connectivity index (χ0v) is 11.9. The maximum Gasteiger partial charge on any atom is 0.124 e. The van der Waals surface area contributed by atoms with Crippen LogP contribution in [0.1, 0.15) is 19.4 Å². The highest BCUT2D eigenvalue weighted by atomic mass is 19.1. The minimum absolute atomic E-state index is 0.222. The highest BCUT2D eigenvalue weighted by molar-refractivity contribution is 5.60. The molecule has 1 heterocycles. The molecular formula is C15H20FN3O. The van der Waals surface area contributed by atoms with Crippen molar-refractivity contribution in [3.8, 4) is 6.07 Å². The first kappa shape index (κ1) is 14.8. The molecule has 0 radical (unpaired) electrons. The van der Waals surface area contributed by atoms with E-state index in [2.05, 4.69) is 22.8 Å². The summed E-state index contributed by atoms with van der Waals surface area (Å²) in [5.41, 5.74) is 1.17. The summed E-state index contributed by atoms with van der Waals surface area (Å²) in [5, 5.41) is 18.6. The van der Waals surface area contributed by atoms with Crippen LogP contribution in [-0.2, 0) is 0 Å². The Morgan fingerprint density at radius 1 is 1.50 bits per heavy atom. The average Bonchev–Trinajstić information content (AvgIpc) is 2.38. The van der Waals surface area contributed by atoms with E-state index in [0.717, 1.165) is 25.3 Å². The highest BCUT2D eigenvalue weighted by Gasteiger charge is 2.26. The zero-order chi connectivity index (χ0) is 14.7. The molecule has 0 spiro atoms. The predicted molar refractivity (Wildman–Crippen MR) is 76.0 cm³/mol. The minimum atomic E-state index is -0.384. The molecule has 1 aromatic rings. The van der Waals surface area contributed by atoms with Crippen molar-refractivity contribution in [2.75, 3.05) is 31.1 Å². The minimum Gasteiger partial charge on any atom is -0.392 e. The number of nitriles is 1. The molecule has 1 N–H and O–H groups in total. The Labute approximate surface area is 119 Å². The lowest BCUT2D eigenvalue weighted by atomic mass is 10.1. The molecular weight excluding hydrogens is 257 g/mol. The fraction of sp³-hybridized carbons (Fsp3) is 0.533. The number of hydrogen-bond donors (Lipinski definition) is 1. The van der Waals surface area contributed by atoms with Gasteiger partial charge in [-0.05, 0) is 32.0 Å². The third-order valence-corrected chi connectivity index (χ3v) is 3.62. The van der Waals surface area contributed by atoms with Crippen LogP contribution in [0.4, 0.5) is 10.1 Å². The van der Waals surface area contributed by atoms with Crippen LogP contribution in [-0.4, -0.2) is 48.3 Å². The summed E-state index contributed by atoms with van der Waals surface area (Å²) < 4.78 is 13.2. The molecule has 1 saturated heterocycles. The van der Waals surface area contributed by atoms with Gasteiger partial charge >= 0.3 is 0 Å². The molecule has 0 saturated carbocycles. The molecule has 2 unspecified atom stereocenters. The molecule has 0 amide bonds. The molecule has 20 heavy (non-hydrogen) atoms. The number of anilines is 1. The molecule has 0 aliphatic carbocycles. The van der Waals surface area contributed by atoms with E-state index in [9.17, 15) is 9.50 Å². The Bertz CT molecular complexity index is 512. The smallest absolute Gasteiger partial charge is 0.124 e. The molecule has 1 fully saturated rings. The normalized spacial score (nSPS) is 21.6. The van der Waals surface area contributed by atoms with E-state index >= 15 is 0 Å². The van der Waals surface area contributed by atoms with E-state index in [4.69, 9.17) is 5.26 Å². The highest BCUT2D eigenvalue weighted by Crippen LogP contribution is 2.25. The Morgan fingerprint density at radius 3 is 2.85 bits per heavy atom. The van der Waals surface area contributed by atoms with Gasteiger partial charge in [0.05, 0.1) is 17.4 Å². The van der Waals surface area contributed by atoms with Crippen molar-refractivity contribution >= 4 is 5.69 Å². The molecule has 2 atom stereocenters. The number of benzene rings is 1. The van der Waals surface area contributed by atoms with Crippen LogP contribution in [0.2, 0.25) is 0 Å². The summed E-state index contributed by atoms with van der Waals surface area (Å²) in [6, 6.07) is 6.64. The number of aliphatic hydroxyl groups is 1. The van der Waals surface area contributed by atoms with Crippen molar-refractivity contribution < 1.29 is 9.50 Å². The predicted octanol–water partition coefficient (Wildman–Crippen LogP) is 1.59. The van der Waals surface area contributed by atoms with E-state index in [0.29, 0.717) is 12.1 Å². The summed E-state index contributed by atoms with van der Waals surface area (Å²) in [6.45, 7) is 6.95. The Morgan fingerprint density at radius 2 is 2.25 bits per heavy atom. The van der Waals surface area contributed by atoms with Crippen LogP contribution in [0.5, 0.6) is 0 Å². The molecule has 5 heteroatoms. The van der Waals surface area contributed by atoms with Gasteiger partial charge in [0.2, 0.25) is 0 Å². The molecule has 4 nitrogen and oxygen atoms in total. The van der Waals surface area contributed by atoms with Crippen molar-refractivity contribution in [2.24, 2.45) is 0 Å². The molecule has 0 bridgehead atoms. The topological polar surface area (TPSA) is 50.5 Å². The van der Waals surface area contributed by atoms with Crippen LogP contribution in [0.15, 0.2) is 18.2 Å². The van der Waals surface area contributed by atoms with Crippen LogP contribution in [0, 0.1) is 17.1 Å². The van der Waals surface area contributed by atoms with Crippen LogP contribution in [0.25, 0.3) is 0 Å². The van der Waals surface area contributed by atoms with Gasteiger partial charge in [-0.25, -0.2) is 4.39 Å². The van der Waals surface area contributed by atoms with Gasteiger partial charge in [0, 0.05) is 32.2 Å². The van der Waals surface area contributed by atoms with E-state index in [1.54, 1.807) is 13.0 Å². The molecule has 1 aliphatic rings. The van der Waals surface area contributed by atoms with Gasteiger partial charge in [0.1, 0.15) is 11.9 Å². The Hall–Kier alpha value is -1.64. The second-order valence-electron chi connectivity index (χ2n) is 5.42. The lowest BCUT2D eigenvalue weighted by Crippen LogP contribution is -2.53. The maximum absolute atomic E-state index is 13.2. The number of nitrogens with zero attached hydrogens (tertiary/aromatic N) is 3. The van der Waals surface area contributed by atoms with Crippen molar-refractivity contribution in [1.29, 1.82) is 5.26 Å². The molecule has 1 aromatic carbocycles. The first-order valence-corrected chi connectivity index (χ1v) is 6.88. The van der Waals surface area contributed by atoms with Gasteiger partial charge in [-0.2, -0.15) is 5.26 Å². The number of halogens is 1. The Balaban J connectivity index is 2.14. The van der Waals surface area contributed by atoms with E-state index in [-0.39, 0.29) is 18.0 Å². The summed E-state index contributed by atoms with van der Waals surface area (Å²) in [7, 11) is 0. The van der Waals surface area contributed by atoms with E-state index in [1.165, 1.54) is 12.1 Å². The van der Waals surface area contributed by atoms with Crippen molar-refractivity contribution in [1.82, 2.24) is 4.90 Å². The third-order valence-electron chi connectivity index (χ3n) is 3.62. The molecule has 2 rings (SSSR count). The largest absolute Gasteiger partial charge is 0.392 e. The second kappa shape index (κ2) is 6.21. The lowest BCUT2D eigenvalue weighted by Gasteiger charge is -2.42. The molecule has 0 aromatic heterocycles. The quantitative estimate of drug-likeness (QED) is 0.911. The van der Waals surface area contributed by atoms with E-state index in [1.807, 2.05) is 0 Å². The fourth-order valence-corrected chi connectivity index (χ4v) is 2.78. The molecule has 1 aliphatic heterocycles. The van der Waals surface area contributed by atoms with Gasteiger partial charge in [-0.3, -0.25) is 4.90 Å². The maximum atomic E-state index is 13.2. The van der Waals surface area contributed by atoms with Gasteiger partial charge in [-0.15, -0.1) is 0 Å². The third kappa shape index (κ3) is 3.27. The second-order valence-corrected chi connectivity index (χ2v) is 5.42. The van der Waals surface area contributed by atoms with Gasteiger partial charge in [-0.1, -0.05) is 0 Å². The summed E-state index contributed by atoms with van der Waals surface area (Å²) in [5.74, 6) is -0.384. The first-order valence-electron chi connectivity index (χ1n) is 6.88. The van der Waals surface area contributed by atoms with Crippen LogP contribution in [0.3, 0.4) is 0 Å². The summed E-state index contributed by atoms with van der Waals surface area (Å²) in [6.07, 6.45) is -0.339. The van der Waals surface area contributed by atoms with Crippen molar-refractivity contribution in [3.63, 3.8) is 0 Å². The average molecular weight is 277 g/mol. The standard InChI is InChI=1S/C15H20FN3O/c1-11-9-18(10-12(2)20)5-6-19(11)15-4-3-14(16)7-13(15)8-17/h3-4,7,11-12,20H,5-6,9-10H2,1-2H3.